The first kappa shape index (κ1) is 8.41. The third kappa shape index (κ3) is 1.48. The van der Waals surface area contributed by atoms with Crippen molar-refractivity contribution >= 4 is 0 Å². The predicted molar refractivity (Wildman–Crippen MR) is 44.3 cm³/mol. The van der Waals surface area contributed by atoms with Gasteiger partial charge in [0.1, 0.15) is 6.07 Å². The molecular weight excluding hydrogens is 154 g/mol. The maximum absolute atomic E-state index is 9.22. The first-order valence-electron chi connectivity index (χ1n) is 3.58. The Hall–Kier alpha value is -1.69. The van der Waals surface area contributed by atoms with E-state index < -0.39 is 0 Å². The van der Waals surface area contributed by atoms with E-state index >= 15 is 0 Å². The predicted octanol–water partition coefficient (Wildman–Crippen LogP) is 1.97. The molecule has 0 aromatic carbocycles. The molecule has 1 aliphatic carbocycles. The number of hydrogen-bond donors (Lipinski definition) is 2. The molecule has 0 unspecified atom stereocenters. The molecular formula is C9H9NO2. The molecule has 0 spiro atoms. The molecule has 1 atom stereocenters. The van der Waals surface area contributed by atoms with Crippen LogP contribution in [0.5, 0.6) is 0 Å². The van der Waals surface area contributed by atoms with E-state index in [1.807, 2.05) is 13.0 Å². The number of hydrogen-bond acceptors (Lipinski definition) is 3. The van der Waals surface area contributed by atoms with Crippen molar-refractivity contribution in [2.75, 3.05) is 0 Å². The van der Waals surface area contributed by atoms with E-state index in [1.54, 1.807) is 12.2 Å². The Bertz CT molecular complexity index is 318. The van der Waals surface area contributed by atoms with Gasteiger partial charge in [0.15, 0.2) is 11.5 Å². The highest BCUT2D eigenvalue weighted by molar-refractivity contribution is 5.43. The van der Waals surface area contributed by atoms with Gasteiger partial charge in [-0.15, -0.1) is 0 Å². The summed E-state index contributed by atoms with van der Waals surface area (Å²) in [7, 11) is 0. The van der Waals surface area contributed by atoms with Gasteiger partial charge in [0, 0.05) is 0 Å². The molecule has 62 valence electrons. The lowest BCUT2D eigenvalue weighted by Gasteiger charge is -1.97. The summed E-state index contributed by atoms with van der Waals surface area (Å²) in [5.74, 6) is -0.559. The normalized spacial score (nSPS) is 23.0. The minimum absolute atomic E-state index is 0.0476. The van der Waals surface area contributed by atoms with Crippen molar-refractivity contribution in [3.8, 4) is 6.07 Å². The van der Waals surface area contributed by atoms with Crippen LogP contribution in [0.2, 0.25) is 0 Å². The van der Waals surface area contributed by atoms with Crippen LogP contribution in [0.15, 0.2) is 35.3 Å². The fourth-order valence-electron chi connectivity index (χ4n) is 0.947. The number of allylic oxidation sites excluding steroid dienone is 4. The lowest BCUT2D eigenvalue weighted by molar-refractivity contribution is 0.349. The summed E-state index contributed by atoms with van der Waals surface area (Å²) in [6, 6.07) is 1.81. The van der Waals surface area contributed by atoms with Gasteiger partial charge in [-0.05, 0) is 12.0 Å². The minimum Gasteiger partial charge on any atom is -0.504 e. The Balaban J connectivity index is 3.16. The summed E-state index contributed by atoms with van der Waals surface area (Å²) in [5, 5.41) is 26.9. The highest BCUT2D eigenvalue weighted by Gasteiger charge is 2.11. The zero-order valence-corrected chi connectivity index (χ0v) is 6.65. The van der Waals surface area contributed by atoms with E-state index in [9.17, 15) is 5.11 Å². The van der Waals surface area contributed by atoms with E-state index in [0.29, 0.717) is 0 Å². The van der Waals surface area contributed by atoms with Gasteiger partial charge in [0.25, 0.3) is 0 Å². The molecule has 0 bridgehead atoms. The summed E-state index contributed by atoms with van der Waals surface area (Å²) in [4.78, 5) is 0. The van der Waals surface area contributed by atoms with Crippen LogP contribution >= 0.6 is 0 Å². The first-order valence-corrected chi connectivity index (χ1v) is 3.58. The lowest BCUT2D eigenvalue weighted by Crippen LogP contribution is -1.90. The zero-order valence-electron chi connectivity index (χ0n) is 6.65. The molecule has 3 heteroatoms. The van der Waals surface area contributed by atoms with Crippen LogP contribution in [0.25, 0.3) is 0 Å². The number of aliphatic hydroxyl groups is 2. The summed E-state index contributed by atoms with van der Waals surface area (Å²) >= 11 is 0. The van der Waals surface area contributed by atoms with Crippen molar-refractivity contribution in [1.82, 2.24) is 0 Å². The van der Waals surface area contributed by atoms with Crippen LogP contribution in [-0.4, -0.2) is 10.2 Å². The van der Waals surface area contributed by atoms with Gasteiger partial charge in [0.05, 0.1) is 5.57 Å². The van der Waals surface area contributed by atoms with Crippen molar-refractivity contribution in [3.63, 3.8) is 0 Å². The van der Waals surface area contributed by atoms with Crippen LogP contribution in [0, 0.1) is 17.2 Å². The largest absolute Gasteiger partial charge is 0.504 e. The molecule has 1 rings (SSSR count). The van der Waals surface area contributed by atoms with Gasteiger partial charge in [-0.25, -0.2) is 0 Å². The smallest absolute Gasteiger partial charge is 0.175 e. The third-order valence-corrected chi connectivity index (χ3v) is 1.61. The Labute approximate surface area is 70.6 Å². The Kier molecular flexibility index (Phi) is 2.20. The Morgan fingerprint density at radius 2 is 2.17 bits per heavy atom. The highest BCUT2D eigenvalue weighted by atomic mass is 16.3. The second-order valence-corrected chi connectivity index (χ2v) is 2.64. The number of aliphatic hydroxyl groups excluding tert-OH is 2. The van der Waals surface area contributed by atoms with Gasteiger partial charge in [-0.1, -0.05) is 19.1 Å². The van der Waals surface area contributed by atoms with Crippen LogP contribution in [0.3, 0.4) is 0 Å². The molecule has 0 fully saturated rings. The Morgan fingerprint density at radius 1 is 1.50 bits per heavy atom. The summed E-state index contributed by atoms with van der Waals surface area (Å²) in [6.45, 7) is 1.86. The van der Waals surface area contributed by atoms with Crippen LogP contribution in [0.4, 0.5) is 0 Å². The van der Waals surface area contributed by atoms with Crippen molar-refractivity contribution in [2.24, 2.45) is 5.92 Å². The van der Waals surface area contributed by atoms with Gasteiger partial charge in [-0.2, -0.15) is 5.26 Å². The fraction of sp³-hybridized carbons (Fsp3) is 0.222. The molecule has 0 saturated heterocycles. The molecule has 12 heavy (non-hydrogen) atoms. The molecule has 0 saturated carbocycles. The van der Waals surface area contributed by atoms with Crippen LogP contribution < -0.4 is 0 Å². The van der Waals surface area contributed by atoms with Gasteiger partial charge in [0.2, 0.25) is 0 Å². The van der Waals surface area contributed by atoms with Gasteiger partial charge < -0.3 is 10.2 Å². The van der Waals surface area contributed by atoms with Gasteiger partial charge >= 0.3 is 0 Å². The molecule has 0 heterocycles. The summed E-state index contributed by atoms with van der Waals surface area (Å²) < 4.78 is 0. The van der Waals surface area contributed by atoms with Crippen LogP contribution in [0.1, 0.15) is 6.92 Å². The van der Waals surface area contributed by atoms with Crippen molar-refractivity contribution in [3.05, 3.63) is 35.3 Å². The van der Waals surface area contributed by atoms with E-state index in [-0.39, 0.29) is 23.0 Å². The third-order valence-electron chi connectivity index (χ3n) is 1.61. The average Bonchev–Trinajstić information content (AvgIpc) is 2.18. The number of rotatable bonds is 0. The topological polar surface area (TPSA) is 64.2 Å². The molecule has 0 aliphatic heterocycles. The molecule has 0 amide bonds. The molecule has 2 N–H and O–H groups in total. The van der Waals surface area contributed by atoms with Crippen LogP contribution in [-0.2, 0) is 0 Å². The molecule has 3 nitrogen and oxygen atoms in total. The van der Waals surface area contributed by atoms with E-state index in [1.165, 1.54) is 6.08 Å². The standard InChI is InChI=1S/C9H9NO2/c1-6-2-3-8(11)9(12)7(4-6)5-10/h2-4,6,11-12H,1H3/t6-/m0/s1. The SMILES string of the molecule is C[C@H]1C=CC(O)=C(O)C(C#N)=C1. The van der Waals surface area contributed by atoms with Crippen molar-refractivity contribution < 1.29 is 10.2 Å². The lowest BCUT2D eigenvalue weighted by atomic mass is 10.1. The zero-order chi connectivity index (χ0) is 9.14. The van der Waals surface area contributed by atoms with Crippen molar-refractivity contribution in [2.45, 2.75) is 6.92 Å². The first-order chi connectivity index (χ1) is 5.65. The molecule has 0 radical (unpaired) electrons. The van der Waals surface area contributed by atoms with E-state index in [4.69, 9.17) is 10.4 Å². The monoisotopic (exact) mass is 163 g/mol. The summed E-state index contributed by atoms with van der Waals surface area (Å²) in [5.41, 5.74) is 0.116. The van der Waals surface area contributed by atoms with E-state index in [0.717, 1.165) is 0 Å². The molecule has 0 aromatic heterocycles. The number of nitriles is 1. The maximum Gasteiger partial charge on any atom is 0.175 e. The Morgan fingerprint density at radius 3 is 2.75 bits per heavy atom. The molecule has 1 aliphatic rings. The second-order valence-electron chi connectivity index (χ2n) is 2.64. The van der Waals surface area contributed by atoms with E-state index in [2.05, 4.69) is 0 Å². The molecule has 0 aromatic rings. The highest BCUT2D eigenvalue weighted by Crippen LogP contribution is 2.18. The van der Waals surface area contributed by atoms with Gasteiger partial charge in [-0.3, -0.25) is 0 Å². The second kappa shape index (κ2) is 3.14. The summed E-state index contributed by atoms with van der Waals surface area (Å²) in [6.07, 6.45) is 4.69. The average molecular weight is 163 g/mol. The van der Waals surface area contributed by atoms with Crippen molar-refractivity contribution in [1.29, 1.82) is 5.26 Å². The minimum atomic E-state index is -0.349. The number of nitrogens with zero attached hydrogens (tertiary/aromatic N) is 1. The maximum atomic E-state index is 9.22. The quantitative estimate of drug-likeness (QED) is 0.573. The fourth-order valence-corrected chi connectivity index (χ4v) is 0.947.